The van der Waals surface area contributed by atoms with E-state index in [4.69, 9.17) is 10.3 Å². The van der Waals surface area contributed by atoms with Crippen LogP contribution in [-0.2, 0) is 4.74 Å². The second kappa shape index (κ2) is 4.64. The third-order valence-electron chi connectivity index (χ3n) is 3.21. The monoisotopic (exact) mass is 196 g/mol. The van der Waals surface area contributed by atoms with E-state index in [1.807, 2.05) is 0 Å². The van der Waals surface area contributed by atoms with Gasteiger partial charge in [0.05, 0.1) is 6.10 Å². The van der Waals surface area contributed by atoms with Crippen LogP contribution < -0.4 is 5.32 Å². The van der Waals surface area contributed by atoms with Crippen LogP contribution in [0.2, 0.25) is 0 Å². The number of ether oxygens (including phenoxy) is 1. The first-order valence-corrected chi connectivity index (χ1v) is 5.25. The minimum Gasteiger partial charge on any atom is -0.378 e. The number of nitrogens with one attached hydrogen (secondary N) is 1. The van der Waals surface area contributed by atoms with E-state index in [1.54, 1.807) is 0 Å². The van der Waals surface area contributed by atoms with E-state index in [0.29, 0.717) is 24.5 Å². The molecule has 0 aromatic rings. The Morgan fingerprint density at radius 3 is 3.14 bits per heavy atom. The highest BCUT2D eigenvalue weighted by Gasteiger charge is 2.35. The lowest BCUT2D eigenvalue weighted by Crippen LogP contribution is -2.28. The van der Waals surface area contributed by atoms with E-state index in [0.717, 1.165) is 19.7 Å². The number of nitrogens with zero attached hydrogens (tertiary/aromatic N) is 3. The Balaban J connectivity index is 1.91. The summed E-state index contributed by atoms with van der Waals surface area (Å²) >= 11 is 0. The molecule has 0 aromatic heterocycles. The molecule has 2 saturated heterocycles. The summed E-state index contributed by atoms with van der Waals surface area (Å²) in [5.74, 6) is 1.01. The Labute approximate surface area is 83.4 Å². The molecule has 2 aliphatic heterocycles. The zero-order valence-electron chi connectivity index (χ0n) is 8.22. The smallest absolute Gasteiger partial charge is 0.0619 e. The van der Waals surface area contributed by atoms with Crippen molar-refractivity contribution in [3.05, 3.63) is 10.4 Å². The molecule has 5 heteroatoms. The van der Waals surface area contributed by atoms with Gasteiger partial charge < -0.3 is 10.1 Å². The topological polar surface area (TPSA) is 70.0 Å². The fourth-order valence-corrected chi connectivity index (χ4v) is 2.47. The molecule has 2 rings (SSSR count). The van der Waals surface area contributed by atoms with Crippen molar-refractivity contribution in [2.75, 3.05) is 26.2 Å². The van der Waals surface area contributed by atoms with Crippen LogP contribution in [0.15, 0.2) is 5.11 Å². The molecular formula is C9H16N4O. The highest BCUT2D eigenvalue weighted by molar-refractivity contribution is 4.89. The summed E-state index contributed by atoms with van der Waals surface area (Å²) in [5, 5.41) is 7.01. The van der Waals surface area contributed by atoms with Crippen molar-refractivity contribution in [1.82, 2.24) is 5.32 Å². The van der Waals surface area contributed by atoms with Crippen molar-refractivity contribution in [3.8, 4) is 0 Å². The first-order chi connectivity index (χ1) is 6.92. The normalized spacial score (nSPS) is 37.0. The molecule has 0 spiro atoms. The van der Waals surface area contributed by atoms with Crippen molar-refractivity contribution in [2.24, 2.45) is 17.0 Å². The van der Waals surface area contributed by atoms with Crippen LogP contribution in [0.25, 0.3) is 10.4 Å². The number of hydrogen-bond acceptors (Lipinski definition) is 3. The number of rotatable bonds is 3. The Hall–Kier alpha value is -0.770. The summed E-state index contributed by atoms with van der Waals surface area (Å²) < 4.78 is 5.67. The molecule has 0 bridgehead atoms. The van der Waals surface area contributed by atoms with Gasteiger partial charge in [0, 0.05) is 30.5 Å². The van der Waals surface area contributed by atoms with Gasteiger partial charge in [-0.1, -0.05) is 5.11 Å². The summed E-state index contributed by atoms with van der Waals surface area (Å²) in [4.78, 5) is 2.82. The van der Waals surface area contributed by atoms with E-state index in [1.165, 1.54) is 12.8 Å². The molecule has 2 heterocycles. The minimum atomic E-state index is 0.392. The number of azide groups is 1. The van der Waals surface area contributed by atoms with Gasteiger partial charge in [-0.05, 0) is 30.8 Å². The first-order valence-electron chi connectivity index (χ1n) is 5.25. The van der Waals surface area contributed by atoms with Crippen LogP contribution in [-0.4, -0.2) is 32.3 Å². The Morgan fingerprint density at radius 1 is 1.50 bits per heavy atom. The number of hydrogen-bond donors (Lipinski definition) is 1. The summed E-state index contributed by atoms with van der Waals surface area (Å²) in [6.45, 7) is 3.48. The van der Waals surface area contributed by atoms with Gasteiger partial charge in [-0.2, -0.15) is 0 Å². The quantitative estimate of drug-likeness (QED) is 0.420. The second-order valence-corrected chi connectivity index (χ2v) is 4.05. The van der Waals surface area contributed by atoms with Crippen LogP contribution in [0.1, 0.15) is 12.8 Å². The lowest BCUT2D eigenvalue weighted by Gasteiger charge is -2.22. The molecule has 0 aromatic carbocycles. The summed E-state index contributed by atoms with van der Waals surface area (Å²) in [6, 6.07) is 0. The third kappa shape index (κ3) is 2.00. The first kappa shape index (κ1) is 9.77. The molecule has 1 N–H and O–H groups in total. The fraction of sp³-hybridized carbons (Fsp3) is 1.00. The summed E-state index contributed by atoms with van der Waals surface area (Å²) in [6.07, 6.45) is 2.73. The molecule has 2 aliphatic rings. The highest BCUT2D eigenvalue weighted by Crippen LogP contribution is 2.29. The lowest BCUT2D eigenvalue weighted by molar-refractivity contribution is 0.0551. The third-order valence-corrected chi connectivity index (χ3v) is 3.21. The van der Waals surface area contributed by atoms with Gasteiger partial charge in [0.25, 0.3) is 0 Å². The molecule has 14 heavy (non-hydrogen) atoms. The van der Waals surface area contributed by atoms with Gasteiger partial charge in [0.2, 0.25) is 0 Å². The maximum absolute atomic E-state index is 8.28. The predicted molar refractivity (Wildman–Crippen MR) is 52.8 cm³/mol. The zero-order chi connectivity index (χ0) is 9.80. The van der Waals surface area contributed by atoms with Gasteiger partial charge in [-0.15, -0.1) is 0 Å². The van der Waals surface area contributed by atoms with Gasteiger partial charge >= 0.3 is 0 Å². The van der Waals surface area contributed by atoms with Crippen LogP contribution in [0, 0.1) is 11.8 Å². The summed E-state index contributed by atoms with van der Waals surface area (Å²) in [7, 11) is 0. The van der Waals surface area contributed by atoms with E-state index in [2.05, 4.69) is 15.3 Å². The average Bonchev–Trinajstić information content (AvgIpc) is 2.84. The van der Waals surface area contributed by atoms with Gasteiger partial charge in [0.15, 0.2) is 0 Å². The maximum atomic E-state index is 8.28. The Bertz CT molecular complexity index is 233. The maximum Gasteiger partial charge on any atom is 0.0619 e. The van der Waals surface area contributed by atoms with Gasteiger partial charge in [-0.3, -0.25) is 0 Å². The molecule has 3 atom stereocenters. The largest absolute Gasteiger partial charge is 0.378 e. The predicted octanol–water partition coefficient (Wildman–Crippen LogP) is 1.31. The van der Waals surface area contributed by atoms with E-state index in [9.17, 15) is 0 Å². The van der Waals surface area contributed by atoms with E-state index in [-0.39, 0.29) is 0 Å². The molecule has 0 amide bonds. The molecule has 0 aliphatic carbocycles. The van der Waals surface area contributed by atoms with E-state index >= 15 is 0 Å². The van der Waals surface area contributed by atoms with Gasteiger partial charge in [0.1, 0.15) is 0 Å². The highest BCUT2D eigenvalue weighted by atomic mass is 16.5. The van der Waals surface area contributed by atoms with E-state index < -0.39 is 0 Å². The fourth-order valence-electron chi connectivity index (χ4n) is 2.47. The zero-order valence-corrected chi connectivity index (χ0v) is 8.22. The Kier molecular flexibility index (Phi) is 3.24. The Morgan fingerprint density at radius 2 is 2.43 bits per heavy atom. The van der Waals surface area contributed by atoms with Crippen LogP contribution in [0.3, 0.4) is 0 Å². The van der Waals surface area contributed by atoms with Crippen LogP contribution in [0.5, 0.6) is 0 Å². The van der Waals surface area contributed by atoms with Crippen molar-refractivity contribution < 1.29 is 4.74 Å². The lowest BCUT2D eigenvalue weighted by atomic mass is 9.89. The molecular weight excluding hydrogens is 180 g/mol. The molecule has 2 fully saturated rings. The molecule has 0 radical (unpaired) electrons. The van der Waals surface area contributed by atoms with Crippen molar-refractivity contribution in [2.45, 2.75) is 18.9 Å². The van der Waals surface area contributed by atoms with Crippen molar-refractivity contribution in [3.63, 3.8) is 0 Å². The van der Waals surface area contributed by atoms with Crippen molar-refractivity contribution >= 4 is 0 Å². The van der Waals surface area contributed by atoms with Crippen LogP contribution in [0.4, 0.5) is 0 Å². The molecule has 5 nitrogen and oxygen atoms in total. The van der Waals surface area contributed by atoms with Gasteiger partial charge in [-0.25, -0.2) is 0 Å². The molecule has 78 valence electrons. The minimum absolute atomic E-state index is 0.392. The average molecular weight is 196 g/mol. The van der Waals surface area contributed by atoms with Crippen LogP contribution >= 0.6 is 0 Å². The summed E-state index contributed by atoms with van der Waals surface area (Å²) in [5.41, 5.74) is 8.28. The van der Waals surface area contributed by atoms with Crippen molar-refractivity contribution in [1.29, 1.82) is 0 Å². The molecule has 3 unspecified atom stereocenters. The SMILES string of the molecule is [N-]=[N+]=NCC1CNCC1C1CCCO1. The second-order valence-electron chi connectivity index (χ2n) is 4.05. The standard InChI is InChI=1S/C9H16N4O/c10-13-12-5-7-4-11-6-8(7)9-2-1-3-14-9/h7-9,11H,1-6H2. The molecule has 0 saturated carbocycles.